The second kappa shape index (κ2) is 6.84. The number of carbonyl (C=O) groups excluding carboxylic acids is 1. The van der Waals surface area contributed by atoms with Crippen LogP contribution in [0.15, 0.2) is 10.5 Å². The summed E-state index contributed by atoms with van der Waals surface area (Å²) in [5.41, 5.74) is -0.381. The van der Waals surface area contributed by atoms with E-state index in [1.54, 1.807) is 6.92 Å². The van der Waals surface area contributed by atoms with Crippen LogP contribution >= 0.6 is 0 Å². The molecule has 2 N–H and O–H groups in total. The fourth-order valence-electron chi connectivity index (χ4n) is 3.32. The first-order valence-corrected chi connectivity index (χ1v) is 8.17. The Balaban J connectivity index is 1.96. The number of hydrogen-bond acceptors (Lipinski definition) is 4. The molecule has 22 heavy (non-hydrogen) atoms. The van der Waals surface area contributed by atoms with Crippen molar-refractivity contribution in [2.75, 3.05) is 19.6 Å². The molecule has 0 radical (unpaired) electrons. The van der Waals surface area contributed by atoms with Gasteiger partial charge < -0.3 is 14.8 Å². The molecule has 0 aliphatic carbocycles. The second-order valence-electron chi connectivity index (χ2n) is 6.51. The van der Waals surface area contributed by atoms with Gasteiger partial charge in [-0.15, -0.1) is 0 Å². The zero-order chi connectivity index (χ0) is 16.3. The van der Waals surface area contributed by atoms with Gasteiger partial charge in [0.2, 0.25) is 5.91 Å². The number of nitrogens with one attached hydrogen (secondary N) is 1. The lowest BCUT2D eigenvalue weighted by atomic mass is 9.96. The lowest BCUT2D eigenvalue weighted by molar-refractivity contribution is -0.126. The molecule has 1 aliphatic rings. The van der Waals surface area contributed by atoms with Gasteiger partial charge in [0.25, 0.3) is 0 Å². The number of amides is 1. The summed E-state index contributed by atoms with van der Waals surface area (Å²) in [6, 6.07) is 1.78. The molecule has 0 spiro atoms. The fraction of sp³-hybridized carbons (Fsp3) is 0.706. The summed E-state index contributed by atoms with van der Waals surface area (Å²) < 4.78 is 5.48. The molecular weight excluding hydrogens is 280 g/mol. The highest BCUT2D eigenvalue weighted by atomic mass is 16.3. The molecule has 1 amide bonds. The Bertz CT molecular complexity index is 522. The number of nitrogens with zero attached hydrogens (tertiary/aromatic N) is 1. The minimum atomic E-state index is -1.12. The summed E-state index contributed by atoms with van der Waals surface area (Å²) in [4.78, 5) is 14.6. The van der Waals surface area contributed by atoms with Gasteiger partial charge in [0.15, 0.2) is 0 Å². The Morgan fingerprint density at radius 1 is 1.55 bits per heavy atom. The molecule has 0 unspecified atom stereocenters. The molecule has 1 saturated heterocycles. The van der Waals surface area contributed by atoms with Gasteiger partial charge in [0.1, 0.15) is 17.1 Å². The number of aryl methyl sites for hydroxylation is 2. The third-order valence-corrected chi connectivity index (χ3v) is 4.41. The Kier molecular flexibility index (Phi) is 5.29. The van der Waals surface area contributed by atoms with E-state index in [-0.39, 0.29) is 18.5 Å². The van der Waals surface area contributed by atoms with Gasteiger partial charge in [-0.25, -0.2) is 0 Å². The molecule has 0 saturated carbocycles. The van der Waals surface area contributed by atoms with Crippen LogP contribution in [0.4, 0.5) is 0 Å². The zero-order valence-electron chi connectivity index (χ0n) is 14.1. The van der Waals surface area contributed by atoms with Crippen molar-refractivity contribution in [2.45, 2.75) is 58.6 Å². The number of furan rings is 1. The summed E-state index contributed by atoms with van der Waals surface area (Å²) in [6.45, 7) is 9.66. The van der Waals surface area contributed by atoms with Crippen LogP contribution in [-0.2, 0) is 10.4 Å². The first-order chi connectivity index (χ1) is 10.3. The SMILES string of the molecule is CCCN1CCC[C@H]1C(=O)NC[C@@](C)(O)c1cc(C)oc1C. The van der Waals surface area contributed by atoms with Crippen LogP contribution in [0.3, 0.4) is 0 Å². The van der Waals surface area contributed by atoms with E-state index in [1.807, 2.05) is 19.9 Å². The van der Waals surface area contributed by atoms with E-state index in [1.165, 1.54) is 0 Å². The molecule has 1 fully saturated rings. The summed E-state index contributed by atoms with van der Waals surface area (Å²) >= 11 is 0. The molecule has 5 nitrogen and oxygen atoms in total. The molecule has 1 aliphatic heterocycles. The fourth-order valence-corrected chi connectivity index (χ4v) is 3.32. The summed E-state index contributed by atoms with van der Waals surface area (Å²) in [5, 5.41) is 13.6. The van der Waals surface area contributed by atoms with E-state index < -0.39 is 5.60 Å². The minimum Gasteiger partial charge on any atom is -0.466 e. The van der Waals surface area contributed by atoms with E-state index in [4.69, 9.17) is 4.42 Å². The average Bonchev–Trinajstić information content (AvgIpc) is 3.03. The van der Waals surface area contributed by atoms with E-state index in [0.29, 0.717) is 5.76 Å². The van der Waals surface area contributed by atoms with Gasteiger partial charge in [-0.05, 0) is 59.2 Å². The maximum absolute atomic E-state index is 12.4. The van der Waals surface area contributed by atoms with E-state index in [9.17, 15) is 9.90 Å². The van der Waals surface area contributed by atoms with Crippen LogP contribution < -0.4 is 5.32 Å². The highest BCUT2D eigenvalue weighted by Gasteiger charge is 2.33. The maximum atomic E-state index is 12.4. The summed E-state index contributed by atoms with van der Waals surface area (Å²) in [5.74, 6) is 1.48. The van der Waals surface area contributed by atoms with E-state index in [2.05, 4.69) is 17.1 Å². The Morgan fingerprint density at radius 3 is 2.86 bits per heavy atom. The monoisotopic (exact) mass is 308 g/mol. The number of carbonyl (C=O) groups is 1. The molecule has 0 aromatic carbocycles. The van der Waals surface area contributed by atoms with Gasteiger partial charge in [-0.1, -0.05) is 6.92 Å². The molecule has 5 heteroatoms. The van der Waals surface area contributed by atoms with Gasteiger partial charge in [0, 0.05) is 5.56 Å². The maximum Gasteiger partial charge on any atom is 0.237 e. The Labute approximate surface area is 132 Å². The largest absolute Gasteiger partial charge is 0.466 e. The molecule has 124 valence electrons. The smallest absolute Gasteiger partial charge is 0.237 e. The minimum absolute atomic E-state index is 0.0177. The van der Waals surface area contributed by atoms with Gasteiger partial charge in [0.05, 0.1) is 12.6 Å². The number of likely N-dealkylation sites (tertiary alicyclic amines) is 1. The van der Waals surface area contributed by atoms with Crippen LogP contribution in [-0.4, -0.2) is 41.6 Å². The van der Waals surface area contributed by atoms with Crippen LogP contribution in [0.2, 0.25) is 0 Å². The van der Waals surface area contributed by atoms with Crippen molar-refractivity contribution < 1.29 is 14.3 Å². The third-order valence-electron chi connectivity index (χ3n) is 4.41. The predicted molar refractivity (Wildman–Crippen MR) is 85.6 cm³/mol. The quantitative estimate of drug-likeness (QED) is 0.844. The lowest BCUT2D eigenvalue weighted by Gasteiger charge is -2.27. The molecule has 1 aromatic rings. The second-order valence-corrected chi connectivity index (χ2v) is 6.51. The normalized spacial score (nSPS) is 21.8. The van der Waals surface area contributed by atoms with E-state index >= 15 is 0 Å². The van der Waals surface area contributed by atoms with Gasteiger partial charge in [-0.2, -0.15) is 0 Å². The van der Waals surface area contributed by atoms with Crippen LogP contribution in [0.1, 0.15) is 50.2 Å². The standard InChI is InChI=1S/C17H28N2O3/c1-5-8-19-9-6-7-15(19)16(20)18-11-17(4,21)14-10-12(2)22-13(14)3/h10,15,21H,5-9,11H2,1-4H3,(H,18,20)/t15-,17+/m0/s1. The van der Waals surface area contributed by atoms with Crippen molar-refractivity contribution in [3.8, 4) is 0 Å². The van der Waals surface area contributed by atoms with Crippen molar-refractivity contribution in [1.29, 1.82) is 0 Å². The van der Waals surface area contributed by atoms with Crippen molar-refractivity contribution >= 4 is 5.91 Å². The van der Waals surface area contributed by atoms with E-state index in [0.717, 1.165) is 43.7 Å². The molecular formula is C17H28N2O3. The average molecular weight is 308 g/mol. The third kappa shape index (κ3) is 3.70. The van der Waals surface area contributed by atoms with Crippen molar-refractivity contribution in [3.05, 3.63) is 23.2 Å². The molecule has 1 aromatic heterocycles. The number of rotatable bonds is 6. The van der Waals surface area contributed by atoms with Gasteiger partial charge >= 0.3 is 0 Å². The number of aliphatic hydroxyl groups is 1. The number of hydrogen-bond donors (Lipinski definition) is 2. The zero-order valence-corrected chi connectivity index (χ0v) is 14.1. The van der Waals surface area contributed by atoms with Crippen molar-refractivity contribution in [2.24, 2.45) is 0 Å². The van der Waals surface area contributed by atoms with Crippen LogP contribution in [0, 0.1) is 13.8 Å². The molecule has 2 atom stereocenters. The molecule has 2 rings (SSSR count). The topological polar surface area (TPSA) is 65.7 Å². The summed E-state index contributed by atoms with van der Waals surface area (Å²) in [6.07, 6.45) is 3.02. The molecule has 0 bridgehead atoms. The first-order valence-electron chi connectivity index (χ1n) is 8.17. The van der Waals surface area contributed by atoms with Gasteiger partial charge in [-0.3, -0.25) is 9.69 Å². The predicted octanol–water partition coefficient (Wildman–Crippen LogP) is 2.09. The Morgan fingerprint density at radius 2 is 2.27 bits per heavy atom. The van der Waals surface area contributed by atoms with Crippen LogP contribution in [0.25, 0.3) is 0 Å². The van der Waals surface area contributed by atoms with Crippen molar-refractivity contribution in [1.82, 2.24) is 10.2 Å². The van der Waals surface area contributed by atoms with Crippen molar-refractivity contribution in [3.63, 3.8) is 0 Å². The Hall–Kier alpha value is -1.33. The highest BCUT2D eigenvalue weighted by Crippen LogP contribution is 2.26. The molecule has 2 heterocycles. The highest BCUT2D eigenvalue weighted by molar-refractivity contribution is 5.82. The summed E-state index contributed by atoms with van der Waals surface area (Å²) in [7, 11) is 0. The first kappa shape index (κ1) is 17.0. The van der Waals surface area contributed by atoms with Crippen LogP contribution in [0.5, 0.6) is 0 Å². The lowest BCUT2D eigenvalue weighted by Crippen LogP contribution is -2.47.